The first-order valence-electron chi connectivity index (χ1n) is 13.4. The summed E-state index contributed by atoms with van der Waals surface area (Å²) in [6.45, 7) is 11.0. The van der Waals surface area contributed by atoms with Crippen LogP contribution in [0.25, 0.3) is 11.3 Å². The number of alkyl carbamates (subject to hydrolysis) is 1. The quantitative estimate of drug-likeness (QED) is 0.377. The highest BCUT2D eigenvalue weighted by Gasteiger charge is 2.42. The monoisotopic (exact) mass is 543 g/mol. The van der Waals surface area contributed by atoms with E-state index < -0.39 is 60.3 Å². The van der Waals surface area contributed by atoms with Gasteiger partial charge in [-0.05, 0) is 57.2 Å². The molecule has 11 nitrogen and oxygen atoms in total. The number of aliphatic hydroxyl groups excluding tert-OH is 2. The molecule has 3 amide bonds. The minimum absolute atomic E-state index is 0.131. The molecule has 1 aliphatic heterocycles. The third kappa shape index (κ3) is 7.43. The molecule has 0 aliphatic carbocycles. The normalized spacial score (nSPS) is 19.0. The summed E-state index contributed by atoms with van der Waals surface area (Å²) in [4.78, 5) is 41.4. The van der Waals surface area contributed by atoms with Gasteiger partial charge in [0, 0.05) is 19.3 Å². The van der Waals surface area contributed by atoms with Crippen LogP contribution >= 0.6 is 0 Å². The molecule has 4 N–H and O–H groups in total. The van der Waals surface area contributed by atoms with Crippen molar-refractivity contribution in [2.75, 3.05) is 13.2 Å². The Balaban J connectivity index is 1.97. The van der Waals surface area contributed by atoms with Gasteiger partial charge < -0.3 is 25.6 Å². The van der Waals surface area contributed by atoms with Crippen molar-refractivity contribution in [3.63, 3.8) is 0 Å². The summed E-state index contributed by atoms with van der Waals surface area (Å²) < 4.78 is 7.21. The highest BCUT2D eigenvalue weighted by molar-refractivity contribution is 6.01. The number of nitrogens with one attached hydrogen (secondary N) is 2. The van der Waals surface area contributed by atoms with E-state index in [4.69, 9.17) is 4.74 Å². The number of hydrogen-bond donors (Lipinski definition) is 4. The van der Waals surface area contributed by atoms with E-state index in [0.717, 1.165) is 16.2 Å². The fourth-order valence-electron chi connectivity index (χ4n) is 4.63. The molecule has 1 saturated heterocycles. The zero-order valence-corrected chi connectivity index (χ0v) is 23.5. The van der Waals surface area contributed by atoms with Crippen LogP contribution in [0.4, 0.5) is 4.79 Å². The Morgan fingerprint density at radius 2 is 1.87 bits per heavy atom. The van der Waals surface area contributed by atoms with Gasteiger partial charge in [-0.2, -0.15) is 5.10 Å². The largest absolute Gasteiger partial charge is 0.444 e. The maximum atomic E-state index is 14.0. The maximum Gasteiger partial charge on any atom is 0.408 e. The van der Waals surface area contributed by atoms with Gasteiger partial charge in [-0.1, -0.05) is 38.1 Å². The number of carbonyl (C=O) groups excluding carboxylic acids is 3. The van der Waals surface area contributed by atoms with Crippen molar-refractivity contribution in [1.82, 2.24) is 25.3 Å². The number of amides is 3. The number of hydrogen-bond acceptors (Lipinski definition) is 8. The van der Waals surface area contributed by atoms with Gasteiger partial charge in [0.2, 0.25) is 5.91 Å². The fraction of sp³-hybridized carbons (Fsp3) is 0.571. The van der Waals surface area contributed by atoms with Gasteiger partial charge in [0.1, 0.15) is 11.6 Å². The lowest BCUT2D eigenvalue weighted by atomic mass is 9.97. The SMILES string of the molecule is CCn1nccc1-c1ccc([C@H](CO)N(C(=O)[C@@H]2C[C@@H](O)CN2)C(=O)[C@@H](NC(=O)OC(C)(C)C)C(C)C)cc1. The van der Waals surface area contributed by atoms with E-state index in [1.54, 1.807) is 52.9 Å². The first-order valence-corrected chi connectivity index (χ1v) is 13.4. The molecular formula is C28H41N5O6. The smallest absolute Gasteiger partial charge is 0.408 e. The van der Waals surface area contributed by atoms with E-state index in [1.165, 1.54) is 0 Å². The summed E-state index contributed by atoms with van der Waals surface area (Å²) in [5, 5.41) is 30.4. The second-order valence-electron chi connectivity index (χ2n) is 11.1. The van der Waals surface area contributed by atoms with Crippen LogP contribution in [0.1, 0.15) is 59.6 Å². The van der Waals surface area contributed by atoms with Crippen molar-refractivity contribution in [3.8, 4) is 11.3 Å². The molecule has 0 bridgehead atoms. The molecule has 1 aliphatic rings. The molecule has 214 valence electrons. The van der Waals surface area contributed by atoms with Crippen LogP contribution < -0.4 is 10.6 Å². The molecule has 2 heterocycles. The first kappa shape index (κ1) is 30.3. The highest BCUT2D eigenvalue weighted by atomic mass is 16.6. The molecule has 0 unspecified atom stereocenters. The average Bonchev–Trinajstić information content (AvgIpc) is 3.53. The van der Waals surface area contributed by atoms with Crippen LogP contribution in [-0.2, 0) is 20.9 Å². The van der Waals surface area contributed by atoms with E-state index in [0.29, 0.717) is 12.1 Å². The highest BCUT2D eigenvalue weighted by Crippen LogP contribution is 2.28. The Bertz CT molecular complexity index is 1140. The van der Waals surface area contributed by atoms with Gasteiger partial charge in [-0.25, -0.2) is 4.79 Å². The number of aryl methyl sites for hydroxylation is 1. The lowest BCUT2D eigenvalue weighted by Crippen LogP contribution is -2.57. The molecule has 1 fully saturated rings. The summed E-state index contributed by atoms with van der Waals surface area (Å²) in [6.07, 6.45) is 0.336. The van der Waals surface area contributed by atoms with Gasteiger partial charge >= 0.3 is 6.09 Å². The standard InChI is InChI=1S/C28H41N5O6/c1-7-32-22(12-13-30-32)18-8-10-19(11-9-18)23(16-34)33(25(36)21-14-20(35)15-29-21)26(37)24(17(2)3)31-27(38)39-28(4,5)6/h8-13,17,20-21,23-24,29,34-35H,7,14-16H2,1-6H3,(H,31,38)/t20-,21+,23+,24+/m1/s1. The third-order valence-electron chi connectivity index (χ3n) is 6.58. The summed E-state index contributed by atoms with van der Waals surface area (Å²) in [6, 6.07) is 6.20. The maximum absolute atomic E-state index is 14.0. The molecule has 0 saturated carbocycles. The lowest BCUT2D eigenvalue weighted by molar-refractivity contribution is -0.152. The van der Waals surface area contributed by atoms with Gasteiger partial charge in [-0.15, -0.1) is 0 Å². The third-order valence-corrected chi connectivity index (χ3v) is 6.58. The second kappa shape index (κ2) is 12.7. The summed E-state index contributed by atoms with van der Waals surface area (Å²) in [7, 11) is 0. The number of β-amino-alcohol motifs (C(OH)–C–C–N with tert-alkyl or cyclic N) is 1. The molecule has 4 atom stereocenters. The van der Waals surface area contributed by atoms with Crippen molar-refractivity contribution in [2.24, 2.45) is 5.92 Å². The predicted octanol–water partition coefficient (Wildman–Crippen LogP) is 2.23. The molecule has 0 radical (unpaired) electrons. The Hall–Kier alpha value is -3.28. The molecule has 11 heteroatoms. The number of aliphatic hydroxyl groups is 2. The second-order valence-corrected chi connectivity index (χ2v) is 11.1. The van der Waals surface area contributed by atoms with Crippen LogP contribution in [0.15, 0.2) is 36.5 Å². The van der Waals surface area contributed by atoms with Crippen molar-refractivity contribution in [2.45, 2.75) is 84.3 Å². The van der Waals surface area contributed by atoms with E-state index in [9.17, 15) is 24.6 Å². The van der Waals surface area contributed by atoms with E-state index >= 15 is 0 Å². The zero-order chi connectivity index (χ0) is 28.9. The van der Waals surface area contributed by atoms with Crippen LogP contribution in [0.3, 0.4) is 0 Å². The van der Waals surface area contributed by atoms with Gasteiger partial charge in [0.25, 0.3) is 5.91 Å². The minimum atomic E-state index is -1.10. The number of ether oxygens (including phenoxy) is 1. The summed E-state index contributed by atoms with van der Waals surface area (Å²) in [5.41, 5.74) is 1.57. The summed E-state index contributed by atoms with van der Waals surface area (Å²) in [5.74, 6) is -1.64. The number of nitrogens with zero attached hydrogens (tertiary/aromatic N) is 3. The number of carbonyl (C=O) groups is 3. The molecule has 3 rings (SSSR count). The Morgan fingerprint density at radius 1 is 1.21 bits per heavy atom. The van der Waals surface area contributed by atoms with Crippen LogP contribution in [0.5, 0.6) is 0 Å². The Kier molecular flexibility index (Phi) is 9.87. The number of benzene rings is 1. The van der Waals surface area contributed by atoms with E-state index in [1.807, 2.05) is 29.8 Å². The predicted molar refractivity (Wildman–Crippen MR) is 145 cm³/mol. The van der Waals surface area contributed by atoms with E-state index in [2.05, 4.69) is 15.7 Å². The molecule has 1 aromatic heterocycles. The minimum Gasteiger partial charge on any atom is -0.444 e. The van der Waals surface area contributed by atoms with Gasteiger partial charge in [-0.3, -0.25) is 19.2 Å². The molecule has 2 aromatic rings. The van der Waals surface area contributed by atoms with Crippen molar-refractivity contribution < 1.29 is 29.3 Å². The first-order chi connectivity index (χ1) is 18.4. The van der Waals surface area contributed by atoms with Gasteiger partial charge in [0.15, 0.2) is 0 Å². The van der Waals surface area contributed by atoms with E-state index in [-0.39, 0.29) is 13.0 Å². The Labute approximate surface area is 229 Å². The van der Waals surface area contributed by atoms with Crippen LogP contribution in [0.2, 0.25) is 0 Å². The van der Waals surface area contributed by atoms with Crippen molar-refractivity contribution in [1.29, 1.82) is 0 Å². The van der Waals surface area contributed by atoms with Crippen molar-refractivity contribution >= 4 is 17.9 Å². The van der Waals surface area contributed by atoms with Gasteiger partial charge in [0.05, 0.1) is 30.5 Å². The molecule has 1 aromatic carbocycles. The zero-order valence-electron chi connectivity index (χ0n) is 23.5. The number of aromatic nitrogens is 2. The van der Waals surface area contributed by atoms with Crippen LogP contribution in [-0.4, -0.2) is 79.7 Å². The van der Waals surface area contributed by atoms with Crippen LogP contribution in [0, 0.1) is 5.92 Å². The number of imide groups is 1. The Morgan fingerprint density at radius 3 is 2.38 bits per heavy atom. The van der Waals surface area contributed by atoms with Crippen molar-refractivity contribution in [3.05, 3.63) is 42.1 Å². The molecule has 39 heavy (non-hydrogen) atoms. The average molecular weight is 544 g/mol. The number of rotatable bonds is 9. The molecule has 0 spiro atoms. The molecular weight excluding hydrogens is 502 g/mol. The summed E-state index contributed by atoms with van der Waals surface area (Å²) >= 11 is 0. The topological polar surface area (TPSA) is 146 Å². The lowest BCUT2D eigenvalue weighted by Gasteiger charge is -2.35. The fourth-order valence-corrected chi connectivity index (χ4v) is 4.63.